The fourth-order valence-electron chi connectivity index (χ4n) is 2.94. The fraction of sp³-hybridized carbons (Fsp3) is 0.300. The molecule has 0 saturated heterocycles. The molecule has 0 radical (unpaired) electrons. The number of fused-ring (bicyclic) bond motifs is 1. The van der Waals surface area contributed by atoms with Gasteiger partial charge in [0.25, 0.3) is 0 Å². The van der Waals surface area contributed by atoms with Gasteiger partial charge in [-0.2, -0.15) is 0 Å². The number of para-hydroxylation sites is 4. The van der Waals surface area contributed by atoms with Crippen molar-refractivity contribution in [1.29, 1.82) is 0 Å². The Bertz CT molecular complexity index is 922. The minimum atomic E-state index is -0.494. The van der Waals surface area contributed by atoms with E-state index < -0.39 is 6.09 Å². The molecule has 3 rings (SSSR count). The topological polar surface area (TPSA) is 74.6 Å². The molecule has 7 heteroatoms. The van der Waals surface area contributed by atoms with Crippen LogP contribution in [0.2, 0.25) is 0 Å². The normalized spacial score (nSPS) is 11.8. The van der Waals surface area contributed by atoms with Gasteiger partial charge < -0.3 is 24.1 Å². The van der Waals surface area contributed by atoms with Gasteiger partial charge in [-0.25, -0.2) is 9.78 Å². The second-order valence-electron chi connectivity index (χ2n) is 5.97. The number of carbonyl (C=O) groups excluding carboxylic acids is 1. The summed E-state index contributed by atoms with van der Waals surface area (Å²) in [6.45, 7) is 2.87. The van der Waals surface area contributed by atoms with Gasteiger partial charge in [0.1, 0.15) is 12.4 Å². The van der Waals surface area contributed by atoms with Crippen LogP contribution in [0.4, 0.5) is 4.79 Å². The van der Waals surface area contributed by atoms with E-state index in [-0.39, 0.29) is 6.04 Å². The van der Waals surface area contributed by atoms with Crippen molar-refractivity contribution in [3.63, 3.8) is 0 Å². The summed E-state index contributed by atoms with van der Waals surface area (Å²) >= 11 is 0. The van der Waals surface area contributed by atoms with Crippen LogP contribution >= 0.6 is 0 Å². The zero-order valence-electron chi connectivity index (χ0n) is 15.6. The van der Waals surface area contributed by atoms with Crippen molar-refractivity contribution in [2.75, 3.05) is 20.8 Å². The van der Waals surface area contributed by atoms with E-state index in [2.05, 4.69) is 10.3 Å². The highest BCUT2D eigenvalue weighted by molar-refractivity contribution is 5.76. The van der Waals surface area contributed by atoms with Gasteiger partial charge in [0, 0.05) is 0 Å². The fourth-order valence-corrected chi connectivity index (χ4v) is 2.94. The number of hydrogen-bond donors (Lipinski definition) is 1. The van der Waals surface area contributed by atoms with Crippen LogP contribution in [0.1, 0.15) is 18.8 Å². The third-order valence-corrected chi connectivity index (χ3v) is 4.23. The summed E-state index contributed by atoms with van der Waals surface area (Å²) in [6.07, 6.45) is -0.494. The smallest absolute Gasteiger partial charge is 0.407 e. The Hall–Kier alpha value is -3.22. The van der Waals surface area contributed by atoms with E-state index in [1.165, 1.54) is 7.11 Å². The number of nitrogens with zero attached hydrogens (tertiary/aromatic N) is 2. The zero-order valence-corrected chi connectivity index (χ0v) is 15.6. The van der Waals surface area contributed by atoms with Gasteiger partial charge in [0.05, 0.1) is 37.8 Å². The van der Waals surface area contributed by atoms with E-state index in [1.807, 2.05) is 60.0 Å². The predicted octanol–water partition coefficient (Wildman–Crippen LogP) is 3.54. The Morgan fingerprint density at radius 3 is 2.56 bits per heavy atom. The van der Waals surface area contributed by atoms with E-state index in [0.717, 1.165) is 16.9 Å². The van der Waals surface area contributed by atoms with Gasteiger partial charge in [0.15, 0.2) is 11.5 Å². The molecule has 0 saturated carbocycles. The van der Waals surface area contributed by atoms with Crippen LogP contribution in [0.5, 0.6) is 11.5 Å². The summed E-state index contributed by atoms with van der Waals surface area (Å²) in [6, 6.07) is 15.1. The largest absolute Gasteiger partial charge is 0.493 e. The third-order valence-electron chi connectivity index (χ3n) is 4.23. The maximum absolute atomic E-state index is 11.6. The molecule has 1 heterocycles. The molecule has 0 aliphatic rings. The average molecular weight is 369 g/mol. The quantitative estimate of drug-likeness (QED) is 0.689. The molecule has 3 aromatic rings. The maximum atomic E-state index is 11.6. The number of carbonyl (C=O) groups is 1. The van der Waals surface area contributed by atoms with Crippen molar-refractivity contribution in [3.8, 4) is 11.5 Å². The monoisotopic (exact) mass is 369 g/mol. The van der Waals surface area contributed by atoms with Crippen LogP contribution in [-0.2, 0) is 11.3 Å². The minimum absolute atomic E-state index is 0.309. The SMILES string of the molecule is COC(=O)N[C@@H](C)c1nc2ccccc2n1CCOc1ccccc1OC. The van der Waals surface area contributed by atoms with Crippen LogP contribution in [0.3, 0.4) is 0 Å². The number of hydrogen-bond acceptors (Lipinski definition) is 5. The van der Waals surface area contributed by atoms with Crippen LogP contribution in [0, 0.1) is 0 Å². The summed E-state index contributed by atoms with van der Waals surface area (Å²) in [5.74, 6) is 2.12. The molecule has 0 aliphatic heterocycles. The summed E-state index contributed by atoms with van der Waals surface area (Å²) in [4.78, 5) is 16.3. The van der Waals surface area contributed by atoms with Gasteiger partial charge in [0.2, 0.25) is 0 Å². The van der Waals surface area contributed by atoms with Gasteiger partial charge >= 0.3 is 6.09 Å². The molecule has 0 spiro atoms. The van der Waals surface area contributed by atoms with Crippen molar-refractivity contribution >= 4 is 17.1 Å². The number of aromatic nitrogens is 2. The van der Waals surface area contributed by atoms with E-state index in [4.69, 9.17) is 14.2 Å². The predicted molar refractivity (Wildman–Crippen MR) is 102 cm³/mol. The van der Waals surface area contributed by atoms with Crippen LogP contribution in [-0.4, -0.2) is 36.5 Å². The maximum Gasteiger partial charge on any atom is 0.407 e. The summed E-state index contributed by atoms with van der Waals surface area (Å²) < 4.78 is 18.0. The first-order valence-corrected chi connectivity index (χ1v) is 8.69. The van der Waals surface area contributed by atoms with E-state index in [0.29, 0.717) is 24.7 Å². The number of nitrogens with one attached hydrogen (secondary N) is 1. The van der Waals surface area contributed by atoms with Crippen LogP contribution < -0.4 is 14.8 Å². The first kappa shape index (κ1) is 18.6. The molecule has 1 amide bonds. The molecule has 0 unspecified atom stereocenters. The zero-order chi connectivity index (χ0) is 19.2. The van der Waals surface area contributed by atoms with Crippen molar-refractivity contribution in [3.05, 3.63) is 54.4 Å². The number of ether oxygens (including phenoxy) is 3. The molecule has 2 aromatic carbocycles. The van der Waals surface area contributed by atoms with Crippen LogP contribution in [0.25, 0.3) is 11.0 Å². The molecule has 142 valence electrons. The molecular formula is C20H23N3O4. The van der Waals surface area contributed by atoms with Gasteiger partial charge in [-0.1, -0.05) is 24.3 Å². The third kappa shape index (κ3) is 4.13. The molecule has 1 N–H and O–H groups in total. The lowest BCUT2D eigenvalue weighted by molar-refractivity contribution is 0.166. The van der Waals surface area contributed by atoms with E-state index >= 15 is 0 Å². The van der Waals surface area contributed by atoms with Crippen molar-refractivity contribution < 1.29 is 19.0 Å². The average Bonchev–Trinajstić information content (AvgIpc) is 3.07. The molecule has 0 aliphatic carbocycles. The molecule has 0 fully saturated rings. The van der Waals surface area contributed by atoms with E-state index in [9.17, 15) is 4.79 Å². The Morgan fingerprint density at radius 2 is 1.81 bits per heavy atom. The summed E-state index contributed by atoms with van der Waals surface area (Å²) in [7, 11) is 2.95. The molecule has 27 heavy (non-hydrogen) atoms. The van der Waals surface area contributed by atoms with Gasteiger partial charge in [-0.15, -0.1) is 0 Å². The van der Waals surface area contributed by atoms with E-state index in [1.54, 1.807) is 7.11 Å². The number of methoxy groups -OCH3 is 2. The number of amides is 1. The standard InChI is InChI=1S/C20H23N3O4/c1-14(21-20(24)26-3)19-22-15-8-4-5-9-16(15)23(19)12-13-27-18-11-7-6-10-17(18)25-2/h4-11,14H,12-13H2,1-3H3,(H,21,24)/t14-/m0/s1. The highest BCUT2D eigenvalue weighted by Gasteiger charge is 2.18. The second-order valence-corrected chi connectivity index (χ2v) is 5.97. The van der Waals surface area contributed by atoms with Crippen molar-refractivity contribution in [2.45, 2.75) is 19.5 Å². The highest BCUT2D eigenvalue weighted by Crippen LogP contribution is 2.26. The minimum Gasteiger partial charge on any atom is -0.493 e. The first-order valence-electron chi connectivity index (χ1n) is 8.69. The van der Waals surface area contributed by atoms with Gasteiger partial charge in [-0.3, -0.25) is 0 Å². The Labute approximate surface area is 157 Å². The lowest BCUT2D eigenvalue weighted by Gasteiger charge is -2.16. The van der Waals surface area contributed by atoms with Crippen LogP contribution in [0.15, 0.2) is 48.5 Å². The number of alkyl carbamates (subject to hydrolysis) is 1. The molecular weight excluding hydrogens is 346 g/mol. The molecule has 7 nitrogen and oxygen atoms in total. The first-order chi connectivity index (χ1) is 13.1. The summed E-state index contributed by atoms with van der Waals surface area (Å²) in [5, 5.41) is 2.77. The van der Waals surface area contributed by atoms with Gasteiger partial charge in [-0.05, 0) is 31.2 Å². The highest BCUT2D eigenvalue weighted by atomic mass is 16.5. The van der Waals surface area contributed by atoms with Crippen molar-refractivity contribution in [2.24, 2.45) is 0 Å². The Balaban J connectivity index is 1.81. The lowest BCUT2D eigenvalue weighted by Crippen LogP contribution is -2.29. The van der Waals surface area contributed by atoms with Crippen molar-refractivity contribution in [1.82, 2.24) is 14.9 Å². The lowest BCUT2D eigenvalue weighted by atomic mass is 10.3. The Morgan fingerprint density at radius 1 is 1.11 bits per heavy atom. The summed E-state index contributed by atoms with van der Waals surface area (Å²) in [5.41, 5.74) is 1.85. The molecule has 0 bridgehead atoms. The molecule has 1 atom stereocenters. The number of rotatable bonds is 7. The molecule has 1 aromatic heterocycles. The number of imidazole rings is 1. The second kappa shape index (κ2) is 8.44. The number of benzene rings is 2. The Kier molecular flexibility index (Phi) is 5.80.